The number of nitrogens with one attached hydrogen (secondary N) is 2. The molecule has 0 atom stereocenters. The van der Waals surface area contributed by atoms with Gasteiger partial charge in [-0.15, -0.1) is 0 Å². The molecule has 0 radical (unpaired) electrons. The fraction of sp³-hybridized carbons (Fsp3) is 0.346. The number of ether oxygens (including phenoxy) is 3. The molecule has 2 aliphatic heterocycles. The van der Waals surface area contributed by atoms with Crippen LogP contribution in [0.5, 0.6) is 5.75 Å². The molecule has 2 aliphatic rings. The summed E-state index contributed by atoms with van der Waals surface area (Å²) >= 11 is 0. The fourth-order valence-electron chi connectivity index (χ4n) is 4.10. The summed E-state index contributed by atoms with van der Waals surface area (Å²) in [5, 5.41) is 6.12. The largest absolute Gasteiger partial charge is 0.488 e. The third-order valence-corrected chi connectivity index (χ3v) is 6.11. The second-order valence-corrected chi connectivity index (χ2v) is 8.68. The molecule has 0 saturated carbocycles. The minimum absolute atomic E-state index is 0.126. The first-order valence-electron chi connectivity index (χ1n) is 12.1. The Kier molecular flexibility index (Phi) is 7.44. The highest BCUT2D eigenvalue weighted by Gasteiger charge is 2.18. The molecule has 36 heavy (non-hydrogen) atoms. The summed E-state index contributed by atoms with van der Waals surface area (Å²) in [5.74, 6) is 1.14. The summed E-state index contributed by atoms with van der Waals surface area (Å²) in [7, 11) is 0. The number of rotatable bonds is 6. The van der Waals surface area contributed by atoms with Crippen LogP contribution in [0, 0.1) is 0 Å². The Labute approximate surface area is 209 Å². The van der Waals surface area contributed by atoms with Crippen LogP contribution in [-0.2, 0) is 9.47 Å². The van der Waals surface area contributed by atoms with Crippen LogP contribution in [-0.4, -0.2) is 66.5 Å². The van der Waals surface area contributed by atoms with Crippen LogP contribution in [0.15, 0.2) is 54.7 Å². The molecule has 10 heteroatoms. The summed E-state index contributed by atoms with van der Waals surface area (Å²) in [5.41, 5.74) is 9.98. The highest BCUT2D eigenvalue weighted by Crippen LogP contribution is 2.30. The zero-order valence-electron chi connectivity index (χ0n) is 20.0. The van der Waals surface area contributed by atoms with Gasteiger partial charge in [-0.3, -0.25) is 0 Å². The lowest BCUT2D eigenvalue weighted by molar-refractivity contribution is 0.0259. The molecular weight excluding hydrogens is 460 g/mol. The standard InChI is InChI=1S/C26H30N6O4/c27-22-17-18(1-6-24(22)36-21-8-13-34-14-9-21)23-7-10-28-25(31-23)29-19-2-4-20(5-3-19)30-26(33)32-11-15-35-16-12-32/h1-7,10,17,21H,8-9,11-16,27H2,(H,30,33)(H,28,29,31). The van der Waals surface area contributed by atoms with Gasteiger partial charge in [0.25, 0.3) is 0 Å². The number of hydrogen-bond acceptors (Lipinski definition) is 8. The number of nitrogens with zero attached hydrogens (tertiary/aromatic N) is 3. The average Bonchev–Trinajstić information content (AvgIpc) is 2.92. The Morgan fingerprint density at radius 1 is 0.972 bits per heavy atom. The lowest BCUT2D eigenvalue weighted by atomic mass is 10.1. The number of benzene rings is 2. The quantitative estimate of drug-likeness (QED) is 0.445. The molecule has 2 saturated heterocycles. The van der Waals surface area contributed by atoms with E-state index in [1.165, 1.54) is 0 Å². The number of nitrogens with two attached hydrogens (primary N) is 1. The van der Waals surface area contributed by atoms with E-state index in [2.05, 4.69) is 20.6 Å². The SMILES string of the molecule is Nc1cc(-c2ccnc(Nc3ccc(NC(=O)N4CCOCC4)cc3)n2)ccc1OC1CCOCC1. The van der Waals surface area contributed by atoms with E-state index in [4.69, 9.17) is 19.9 Å². The maximum atomic E-state index is 12.4. The van der Waals surface area contributed by atoms with Gasteiger partial charge in [0.15, 0.2) is 0 Å². The van der Waals surface area contributed by atoms with Gasteiger partial charge in [0.2, 0.25) is 5.95 Å². The second kappa shape index (κ2) is 11.2. The summed E-state index contributed by atoms with van der Waals surface area (Å²) in [6, 6.07) is 14.8. The third kappa shape index (κ3) is 6.02. The van der Waals surface area contributed by atoms with Crippen molar-refractivity contribution >= 4 is 29.0 Å². The molecule has 0 bridgehead atoms. The number of morpholine rings is 1. The van der Waals surface area contributed by atoms with Crippen molar-refractivity contribution < 1.29 is 19.0 Å². The number of carbonyl (C=O) groups excluding carboxylic acids is 1. The van der Waals surface area contributed by atoms with Crippen LogP contribution < -0.4 is 21.1 Å². The van der Waals surface area contributed by atoms with E-state index < -0.39 is 0 Å². The predicted octanol–water partition coefficient (Wildman–Crippen LogP) is 3.89. The van der Waals surface area contributed by atoms with Crippen molar-refractivity contribution in [3.05, 3.63) is 54.7 Å². The third-order valence-electron chi connectivity index (χ3n) is 6.11. The molecule has 2 fully saturated rings. The number of amides is 2. The lowest BCUT2D eigenvalue weighted by Gasteiger charge is -2.26. The molecule has 5 rings (SSSR count). The molecule has 188 valence electrons. The van der Waals surface area contributed by atoms with E-state index >= 15 is 0 Å². The number of aromatic nitrogens is 2. The van der Waals surface area contributed by atoms with E-state index in [0.29, 0.717) is 62.6 Å². The first-order valence-corrected chi connectivity index (χ1v) is 12.1. The molecule has 3 aromatic rings. The molecule has 1 aromatic heterocycles. The van der Waals surface area contributed by atoms with Crippen molar-refractivity contribution in [2.45, 2.75) is 18.9 Å². The van der Waals surface area contributed by atoms with Gasteiger partial charge in [0.1, 0.15) is 11.9 Å². The predicted molar refractivity (Wildman–Crippen MR) is 137 cm³/mol. The fourth-order valence-corrected chi connectivity index (χ4v) is 4.10. The molecule has 2 amide bonds. The van der Waals surface area contributed by atoms with Gasteiger partial charge in [-0.05, 0) is 48.5 Å². The lowest BCUT2D eigenvalue weighted by Crippen LogP contribution is -2.43. The Hall–Kier alpha value is -3.89. The van der Waals surface area contributed by atoms with Crippen LogP contribution in [0.3, 0.4) is 0 Å². The van der Waals surface area contributed by atoms with Crippen LogP contribution in [0.25, 0.3) is 11.3 Å². The van der Waals surface area contributed by atoms with Crippen molar-refractivity contribution in [2.24, 2.45) is 0 Å². The maximum absolute atomic E-state index is 12.4. The molecule has 0 aliphatic carbocycles. The molecule has 0 unspecified atom stereocenters. The van der Waals surface area contributed by atoms with Crippen molar-refractivity contribution in [1.29, 1.82) is 0 Å². The monoisotopic (exact) mass is 490 g/mol. The number of carbonyl (C=O) groups is 1. The summed E-state index contributed by atoms with van der Waals surface area (Å²) in [6.07, 6.45) is 3.55. The highest BCUT2D eigenvalue weighted by atomic mass is 16.5. The molecule has 2 aromatic carbocycles. The van der Waals surface area contributed by atoms with Crippen molar-refractivity contribution in [2.75, 3.05) is 55.9 Å². The Morgan fingerprint density at radius 2 is 1.69 bits per heavy atom. The number of urea groups is 1. The Morgan fingerprint density at radius 3 is 2.44 bits per heavy atom. The summed E-state index contributed by atoms with van der Waals surface area (Å²) in [6.45, 7) is 3.75. The summed E-state index contributed by atoms with van der Waals surface area (Å²) < 4.78 is 16.7. The first-order chi connectivity index (χ1) is 17.6. The number of nitrogen functional groups attached to an aromatic ring is 1. The average molecular weight is 491 g/mol. The van der Waals surface area contributed by atoms with E-state index in [9.17, 15) is 4.79 Å². The van der Waals surface area contributed by atoms with E-state index in [0.717, 1.165) is 29.8 Å². The van der Waals surface area contributed by atoms with Crippen molar-refractivity contribution in [3.63, 3.8) is 0 Å². The van der Waals surface area contributed by atoms with Crippen molar-refractivity contribution in [1.82, 2.24) is 14.9 Å². The Bertz CT molecular complexity index is 1180. The molecule has 4 N–H and O–H groups in total. The molecule has 3 heterocycles. The summed E-state index contributed by atoms with van der Waals surface area (Å²) in [4.78, 5) is 23.1. The zero-order valence-corrected chi connectivity index (χ0v) is 20.0. The van der Waals surface area contributed by atoms with Gasteiger partial charge < -0.3 is 35.5 Å². The van der Waals surface area contributed by atoms with E-state index in [-0.39, 0.29) is 12.1 Å². The van der Waals surface area contributed by atoms with Crippen LogP contribution >= 0.6 is 0 Å². The molecular formula is C26H30N6O4. The van der Waals surface area contributed by atoms with Crippen molar-refractivity contribution in [3.8, 4) is 17.0 Å². The smallest absolute Gasteiger partial charge is 0.321 e. The minimum atomic E-state index is -0.126. The van der Waals surface area contributed by atoms with Gasteiger partial charge in [-0.1, -0.05) is 0 Å². The van der Waals surface area contributed by atoms with Gasteiger partial charge in [-0.2, -0.15) is 0 Å². The van der Waals surface area contributed by atoms with Gasteiger partial charge in [0.05, 0.1) is 37.8 Å². The van der Waals surface area contributed by atoms with E-state index in [1.54, 1.807) is 11.1 Å². The Balaban J connectivity index is 1.21. The highest BCUT2D eigenvalue weighted by molar-refractivity contribution is 5.89. The van der Waals surface area contributed by atoms with Crippen LogP contribution in [0.4, 0.5) is 27.8 Å². The molecule has 0 spiro atoms. The van der Waals surface area contributed by atoms with Crippen LogP contribution in [0.2, 0.25) is 0 Å². The van der Waals surface area contributed by atoms with E-state index in [1.807, 2.05) is 48.5 Å². The normalized spacial score (nSPS) is 16.4. The van der Waals surface area contributed by atoms with Gasteiger partial charge in [-0.25, -0.2) is 14.8 Å². The van der Waals surface area contributed by atoms with Gasteiger partial charge >= 0.3 is 6.03 Å². The van der Waals surface area contributed by atoms with Crippen LogP contribution in [0.1, 0.15) is 12.8 Å². The minimum Gasteiger partial charge on any atom is -0.488 e. The maximum Gasteiger partial charge on any atom is 0.321 e. The zero-order chi connectivity index (χ0) is 24.7. The second-order valence-electron chi connectivity index (χ2n) is 8.68. The number of hydrogen-bond donors (Lipinski definition) is 3. The molecule has 10 nitrogen and oxygen atoms in total. The van der Waals surface area contributed by atoms with Gasteiger partial charge in [0, 0.05) is 49.1 Å². The topological polar surface area (TPSA) is 124 Å². The number of anilines is 4. The first kappa shape index (κ1) is 23.8.